The molecule has 3 rings (SSSR count). The van der Waals surface area contributed by atoms with Gasteiger partial charge >= 0.3 is 0 Å². The number of benzene rings is 1. The molecule has 0 saturated carbocycles. The second-order valence-corrected chi connectivity index (χ2v) is 8.42. The molecule has 0 bridgehead atoms. The highest BCUT2D eigenvalue weighted by atomic mass is 32.2. The average Bonchev–Trinajstić information content (AvgIpc) is 2.63. The number of nitrogens with one attached hydrogen (secondary N) is 1. The Bertz CT molecular complexity index is 529. The van der Waals surface area contributed by atoms with Crippen molar-refractivity contribution in [3.63, 3.8) is 0 Å². The van der Waals surface area contributed by atoms with Crippen molar-refractivity contribution in [1.82, 2.24) is 5.32 Å². The SMILES string of the molecule is CC(C)(C)[S+]([O-])N=C1c2ccccc2CC12CNC2. The Hall–Kier alpha value is -0.840. The van der Waals surface area contributed by atoms with Crippen LogP contribution in [-0.2, 0) is 17.8 Å². The number of hydrogen-bond donors (Lipinski definition) is 1. The van der Waals surface area contributed by atoms with Crippen LogP contribution in [0.5, 0.6) is 0 Å². The van der Waals surface area contributed by atoms with Crippen LogP contribution in [0.15, 0.2) is 28.7 Å². The summed E-state index contributed by atoms with van der Waals surface area (Å²) in [7, 11) is 0. The molecule has 1 N–H and O–H groups in total. The van der Waals surface area contributed by atoms with Crippen LogP contribution in [0.25, 0.3) is 0 Å². The van der Waals surface area contributed by atoms with E-state index >= 15 is 0 Å². The van der Waals surface area contributed by atoms with Crippen molar-refractivity contribution in [2.24, 2.45) is 9.81 Å². The minimum absolute atomic E-state index is 0.0879. The molecule has 3 nitrogen and oxygen atoms in total. The fourth-order valence-electron chi connectivity index (χ4n) is 2.72. The highest BCUT2D eigenvalue weighted by Gasteiger charge is 2.49. The summed E-state index contributed by atoms with van der Waals surface area (Å²) in [5, 5.41) is 3.34. The summed E-state index contributed by atoms with van der Waals surface area (Å²) in [5.41, 5.74) is 3.68. The molecule has 1 aromatic carbocycles. The van der Waals surface area contributed by atoms with Crippen LogP contribution in [0, 0.1) is 5.41 Å². The molecule has 1 aromatic rings. The Labute approximate surface area is 117 Å². The molecule has 1 unspecified atom stereocenters. The molecule has 1 aliphatic carbocycles. The van der Waals surface area contributed by atoms with Gasteiger partial charge in [-0.15, -0.1) is 0 Å². The summed E-state index contributed by atoms with van der Waals surface area (Å²) < 4.78 is 16.7. The summed E-state index contributed by atoms with van der Waals surface area (Å²) >= 11 is -1.19. The Kier molecular flexibility index (Phi) is 3.00. The highest BCUT2D eigenvalue weighted by molar-refractivity contribution is 7.91. The minimum Gasteiger partial charge on any atom is -0.591 e. The quantitative estimate of drug-likeness (QED) is 0.798. The minimum atomic E-state index is -1.19. The lowest BCUT2D eigenvalue weighted by Gasteiger charge is -2.39. The first-order valence-electron chi connectivity index (χ1n) is 6.73. The average molecular weight is 276 g/mol. The largest absolute Gasteiger partial charge is 0.591 e. The molecule has 0 amide bonds. The van der Waals surface area contributed by atoms with E-state index in [-0.39, 0.29) is 10.2 Å². The molecule has 1 aliphatic heterocycles. The Morgan fingerprint density at radius 1 is 1.26 bits per heavy atom. The third kappa shape index (κ3) is 2.12. The number of hydrogen-bond acceptors (Lipinski definition) is 3. The first-order chi connectivity index (χ1) is 8.92. The summed E-state index contributed by atoms with van der Waals surface area (Å²) in [6, 6.07) is 8.39. The van der Waals surface area contributed by atoms with Crippen molar-refractivity contribution in [1.29, 1.82) is 0 Å². The second-order valence-electron chi connectivity index (χ2n) is 6.52. The number of rotatable bonds is 1. The van der Waals surface area contributed by atoms with Crippen molar-refractivity contribution in [3.05, 3.63) is 35.4 Å². The summed E-state index contributed by atoms with van der Waals surface area (Å²) in [6.45, 7) is 7.81. The molecule has 4 heteroatoms. The number of fused-ring (bicyclic) bond motifs is 1. The summed E-state index contributed by atoms with van der Waals surface area (Å²) in [6.07, 6.45) is 1.02. The maximum atomic E-state index is 12.4. The van der Waals surface area contributed by atoms with Gasteiger partial charge < -0.3 is 9.87 Å². The third-order valence-electron chi connectivity index (χ3n) is 3.93. The lowest BCUT2D eigenvalue weighted by atomic mass is 9.77. The molecule has 0 radical (unpaired) electrons. The van der Waals surface area contributed by atoms with E-state index in [1.165, 1.54) is 11.1 Å². The zero-order valence-corrected chi connectivity index (χ0v) is 12.5. The van der Waals surface area contributed by atoms with Crippen LogP contribution in [0.4, 0.5) is 0 Å². The van der Waals surface area contributed by atoms with E-state index in [9.17, 15) is 4.55 Å². The van der Waals surface area contributed by atoms with E-state index in [2.05, 4.69) is 27.9 Å². The van der Waals surface area contributed by atoms with Gasteiger partial charge in [0.2, 0.25) is 0 Å². The lowest BCUT2D eigenvalue weighted by Crippen LogP contribution is -2.57. The second kappa shape index (κ2) is 4.33. The van der Waals surface area contributed by atoms with Crippen molar-refractivity contribution in [3.8, 4) is 0 Å². The van der Waals surface area contributed by atoms with Crippen LogP contribution >= 0.6 is 0 Å². The van der Waals surface area contributed by atoms with Gasteiger partial charge in [-0.1, -0.05) is 28.7 Å². The van der Waals surface area contributed by atoms with Crippen molar-refractivity contribution >= 4 is 17.1 Å². The van der Waals surface area contributed by atoms with E-state index < -0.39 is 11.4 Å². The van der Waals surface area contributed by atoms with E-state index in [0.717, 1.165) is 25.2 Å². The van der Waals surface area contributed by atoms with Gasteiger partial charge in [0.15, 0.2) is 0 Å². The van der Waals surface area contributed by atoms with Gasteiger partial charge in [-0.05, 0) is 32.8 Å². The first-order valence-corrected chi connectivity index (χ1v) is 7.83. The van der Waals surface area contributed by atoms with Gasteiger partial charge in [-0.3, -0.25) is 0 Å². The van der Waals surface area contributed by atoms with E-state index in [4.69, 9.17) is 0 Å². The van der Waals surface area contributed by atoms with Gasteiger partial charge in [0.1, 0.15) is 21.8 Å². The van der Waals surface area contributed by atoms with Gasteiger partial charge in [0.05, 0.1) is 0 Å². The van der Waals surface area contributed by atoms with Crippen LogP contribution in [0.3, 0.4) is 0 Å². The summed E-state index contributed by atoms with van der Waals surface area (Å²) in [5.74, 6) is 0. The molecular weight excluding hydrogens is 256 g/mol. The van der Waals surface area contributed by atoms with Crippen molar-refractivity contribution < 1.29 is 4.55 Å². The molecule has 1 atom stereocenters. The zero-order valence-electron chi connectivity index (χ0n) is 11.7. The van der Waals surface area contributed by atoms with Gasteiger partial charge in [0, 0.05) is 24.1 Å². The fraction of sp³-hybridized carbons (Fsp3) is 0.533. The van der Waals surface area contributed by atoms with Crippen LogP contribution < -0.4 is 5.32 Å². The monoisotopic (exact) mass is 276 g/mol. The zero-order chi connectivity index (χ0) is 13.7. The Balaban J connectivity index is 2.04. The molecule has 1 heterocycles. The maximum Gasteiger partial charge on any atom is 0.144 e. The smallest absolute Gasteiger partial charge is 0.144 e. The van der Waals surface area contributed by atoms with Crippen LogP contribution in [0.2, 0.25) is 0 Å². The molecular formula is C15H20N2OS. The highest BCUT2D eigenvalue weighted by Crippen LogP contribution is 2.41. The van der Waals surface area contributed by atoms with Gasteiger partial charge in [-0.2, -0.15) is 0 Å². The topological polar surface area (TPSA) is 47.5 Å². The lowest BCUT2D eigenvalue weighted by molar-refractivity contribution is 0.275. The van der Waals surface area contributed by atoms with Gasteiger partial charge in [-0.25, -0.2) is 0 Å². The number of nitrogens with zero attached hydrogens (tertiary/aromatic N) is 1. The van der Waals surface area contributed by atoms with Gasteiger partial charge in [0.25, 0.3) is 0 Å². The van der Waals surface area contributed by atoms with E-state index in [0.29, 0.717) is 0 Å². The van der Waals surface area contributed by atoms with E-state index in [1.54, 1.807) is 0 Å². The molecule has 1 fully saturated rings. The van der Waals surface area contributed by atoms with Crippen molar-refractivity contribution in [2.75, 3.05) is 13.1 Å². The third-order valence-corrected chi connectivity index (χ3v) is 5.32. The van der Waals surface area contributed by atoms with E-state index in [1.807, 2.05) is 26.8 Å². The molecule has 0 aromatic heterocycles. The van der Waals surface area contributed by atoms with Crippen LogP contribution in [0.1, 0.15) is 31.9 Å². The first kappa shape index (κ1) is 13.2. The Morgan fingerprint density at radius 2 is 1.95 bits per heavy atom. The molecule has 2 aliphatic rings. The molecule has 102 valence electrons. The summed E-state index contributed by atoms with van der Waals surface area (Å²) in [4.78, 5) is 0. The predicted octanol–water partition coefficient (Wildman–Crippen LogP) is 2.08. The normalized spacial score (nSPS) is 24.3. The predicted molar refractivity (Wildman–Crippen MR) is 79.9 cm³/mol. The molecule has 1 saturated heterocycles. The molecule has 19 heavy (non-hydrogen) atoms. The Morgan fingerprint density at radius 3 is 2.53 bits per heavy atom. The standard InChI is InChI=1S/C15H20N2OS/c1-14(2,3)19(18)17-13-12-7-5-4-6-11(12)8-15(13)9-16-10-15/h4-7,16H,8-10H2,1-3H3. The maximum absolute atomic E-state index is 12.4. The van der Waals surface area contributed by atoms with Crippen molar-refractivity contribution in [2.45, 2.75) is 31.9 Å². The van der Waals surface area contributed by atoms with Crippen LogP contribution in [-0.4, -0.2) is 28.1 Å². The molecule has 1 spiro atoms. The fourth-order valence-corrected chi connectivity index (χ4v) is 3.46.